The van der Waals surface area contributed by atoms with Crippen molar-refractivity contribution in [1.82, 2.24) is 0 Å². The Morgan fingerprint density at radius 2 is 1.65 bits per heavy atom. The third kappa shape index (κ3) is 3.26. The highest BCUT2D eigenvalue weighted by Gasteiger charge is 2.08. The summed E-state index contributed by atoms with van der Waals surface area (Å²) in [6.45, 7) is 0. The van der Waals surface area contributed by atoms with E-state index in [1.807, 2.05) is 54.6 Å². The van der Waals surface area contributed by atoms with Crippen LogP contribution in [-0.4, -0.2) is 20.2 Å². The van der Waals surface area contributed by atoms with Gasteiger partial charge in [-0.1, -0.05) is 42.5 Å². The van der Waals surface area contributed by atoms with Crippen LogP contribution in [0.3, 0.4) is 0 Å². The first kappa shape index (κ1) is 13.9. The Balaban J connectivity index is 2.52. The number of carbonyl (C=O) groups excluding carboxylic acids is 1. The standard InChI is InChI=1S/C17H16O3/c1-19-15-10-6-9-14(11-15)16(12-17(18)20-2)13-7-4-3-5-8-13/h3-12H,1-2H3/b16-12-. The van der Waals surface area contributed by atoms with E-state index in [2.05, 4.69) is 0 Å². The van der Waals surface area contributed by atoms with Crippen LogP contribution in [-0.2, 0) is 9.53 Å². The number of esters is 1. The lowest BCUT2D eigenvalue weighted by molar-refractivity contribution is -0.134. The van der Waals surface area contributed by atoms with E-state index in [0.717, 1.165) is 22.4 Å². The van der Waals surface area contributed by atoms with Crippen LogP contribution in [0.25, 0.3) is 5.57 Å². The van der Waals surface area contributed by atoms with E-state index in [1.165, 1.54) is 13.2 Å². The van der Waals surface area contributed by atoms with E-state index in [0.29, 0.717) is 0 Å². The second-order valence-corrected chi connectivity index (χ2v) is 4.18. The monoisotopic (exact) mass is 268 g/mol. The molecular formula is C17H16O3. The van der Waals surface area contributed by atoms with Gasteiger partial charge in [-0.05, 0) is 28.8 Å². The third-order valence-corrected chi connectivity index (χ3v) is 2.93. The van der Waals surface area contributed by atoms with E-state index < -0.39 is 0 Å². The maximum atomic E-state index is 11.6. The summed E-state index contributed by atoms with van der Waals surface area (Å²) in [5.74, 6) is 0.362. The molecule has 0 unspecified atom stereocenters. The molecule has 0 atom stereocenters. The Kier molecular flexibility index (Phi) is 4.56. The van der Waals surface area contributed by atoms with E-state index in [1.54, 1.807) is 7.11 Å². The number of hydrogen-bond acceptors (Lipinski definition) is 3. The molecule has 2 rings (SSSR count). The predicted molar refractivity (Wildman–Crippen MR) is 78.5 cm³/mol. The van der Waals surface area contributed by atoms with Crippen molar-refractivity contribution in [2.75, 3.05) is 14.2 Å². The van der Waals surface area contributed by atoms with E-state index in [4.69, 9.17) is 9.47 Å². The topological polar surface area (TPSA) is 35.5 Å². The zero-order chi connectivity index (χ0) is 14.4. The summed E-state index contributed by atoms with van der Waals surface area (Å²) in [7, 11) is 2.98. The molecule has 3 heteroatoms. The lowest BCUT2D eigenvalue weighted by Crippen LogP contribution is -1.98. The minimum atomic E-state index is -0.383. The van der Waals surface area contributed by atoms with Gasteiger partial charge in [-0.25, -0.2) is 4.79 Å². The lowest BCUT2D eigenvalue weighted by Gasteiger charge is -2.09. The van der Waals surface area contributed by atoms with Gasteiger partial charge >= 0.3 is 5.97 Å². The molecule has 0 amide bonds. The Bertz CT molecular complexity index is 615. The summed E-state index contributed by atoms with van der Waals surface area (Å²) in [6, 6.07) is 17.3. The Morgan fingerprint density at radius 1 is 0.950 bits per heavy atom. The first-order chi connectivity index (χ1) is 9.74. The minimum absolute atomic E-state index is 0.383. The third-order valence-electron chi connectivity index (χ3n) is 2.93. The summed E-state index contributed by atoms with van der Waals surface area (Å²) in [4.78, 5) is 11.6. The summed E-state index contributed by atoms with van der Waals surface area (Å²) in [5, 5.41) is 0. The maximum Gasteiger partial charge on any atom is 0.331 e. The van der Waals surface area contributed by atoms with Gasteiger partial charge in [0, 0.05) is 6.08 Å². The summed E-state index contributed by atoms with van der Waals surface area (Å²) < 4.78 is 9.96. The highest BCUT2D eigenvalue weighted by molar-refractivity contribution is 5.96. The van der Waals surface area contributed by atoms with E-state index in [9.17, 15) is 4.79 Å². The van der Waals surface area contributed by atoms with Gasteiger partial charge in [0.05, 0.1) is 14.2 Å². The predicted octanol–water partition coefficient (Wildman–Crippen LogP) is 3.30. The first-order valence-electron chi connectivity index (χ1n) is 6.24. The summed E-state index contributed by atoms with van der Waals surface area (Å²) in [6.07, 6.45) is 1.49. The van der Waals surface area contributed by atoms with Crippen LogP contribution in [0.15, 0.2) is 60.7 Å². The number of carbonyl (C=O) groups is 1. The fourth-order valence-electron chi connectivity index (χ4n) is 1.92. The second kappa shape index (κ2) is 6.57. The zero-order valence-corrected chi connectivity index (χ0v) is 11.5. The van der Waals surface area contributed by atoms with Crippen LogP contribution in [0.5, 0.6) is 5.75 Å². The minimum Gasteiger partial charge on any atom is -0.497 e. The molecule has 0 aliphatic carbocycles. The van der Waals surface area contributed by atoms with Crippen molar-refractivity contribution in [2.24, 2.45) is 0 Å². The highest BCUT2D eigenvalue weighted by atomic mass is 16.5. The molecule has 0 bridgehead atoms. The molecule has 0 radical (unpaired) electrons. The Hall–Kier alpha value is -2.55. The van der Waals surface area contributed by atoms with Gasteiger partial charge in [-0.15, -0.1) is 0 Å². The largest absolute Gasteiger partial charge is 0.497 e. The summed E-state index contributed by atoms with van der Waals surface area (Å²) >= 11 is 0. The highest BCUT2D eigenvalue weighted by Crippen LogP contribution is 2.26. The molecule has 102 valence electrons. The SMILES string of the molecule is COC(=O)/C=C(/c1ccccc1)c1cccc(OC)c1. The number of benzene rings is 2. The van der Waals surface area contributed by atoms with Crippen LogP contribution in [0.4, 0.5) is 0 Å². The molecule has 0 aliphatic rings. The molecule has 0 aromatic heterocycles. The van der Waals surface area contributed by atoms with Crippen molar-refractivity contribution in [2.45, 2.75) is 0 Å². The van der Waals surface area contributed by atoms with Gasteiger partial charge in [0.15, 0.2) is 0 Å². The van der Waals surface area contributed by atoms with Crippen LogP contribution < -0.4 is 4.74 Å². The fraction of sp³-hybridized carbons (Fsp3) is 0.118. The molecule has 2 aromatic rings. The molecule has 0 spiro atoms. The van der Waals surface area contributed by atoms with Crippen molar-refractivity contribution in [3.63, 3.8) is 0 Å². The molecule has 20 heavy (non-hydrogen) atoms. The van der Waals surface area contributed by atoms with E-state index >= 15 is 0 Å². The molecule has 0 N–H and O–H groups in total. The second-order valence-electron chi connectivity index (χ2n) is 4.18. The van der Waals surface area contributed by atoms with Gasteiger partial charge in [0.2, 0.25) is 0 Å². The molecule has 3 nitrogen and oxygen atoms in total. The molecule has 2 aromatic carbocycles. The van der Waals surface area contributed by atoms with Gasteiger partial charge < -0.3 is 9.47 Å². The average Bonchev–Trinajstić information content (AvgIpc) is 2.53. The van der Waals surface area contributed by atoms with E-state index in [-0.39, 0.29) is 5.97 Å². The molecule has 0 saturated carbocycles. The lowest BCUT2D eigenvalue weighted by atomic mass is 9.97. The zero-order valence-electron chi connectivity index (χ0n) is 11.5. The number of rotatable bonds is 4. The maximum absolute atomic E-state index is 11.6. The molecule has 0 aliphatic heterocycles. The van der Waals surface area contributed by atoms with Crippen molar-refractivity contribution < 1.29 is 14.3 Å². The van der Waals surface area contributed by atoms with Crippen molar-refractivity contribution in [3.05, 3.63) is 71.8 Å². The van der Waals surface area contributed by atoms with Crippen molar-refractivity contribution >= 4 is 11.5 Å². The Labute approximate surface area is 118 Å². The van der Waals surface area contributed by atoms with Crippen LogP contribution in [0, 0.1) is 0 Å². The van der Waals surface area contributed by atoms with Crippen LogP contribution >= 0.6 is 0 Å². The molecule has 0 fully saturated rings. The average molecular weight is 268 g/mol. The van der Waals surface area contributed by atoms with Gasteiger partial charge in [0.1, 0.15) is 5.75 Å². The number of methoxy groups -OCH3 is 2. The summed E-state index contributed by atoms with van der Waals surface area (Å²) in [5.41, 5.74) is 2.66. The smallest absolute Gasteiger partial charge is 0.331 e. The van der Waals surface area contributed by atoms with Crippen LogP contribution in [0.2, 0.25) is 0 Å². The first-order valence-corrected chi connectivity index (χ1v) is 6.24. The number of hydrogen-bond donors (Lipinski definition) is 0. The number of ether oxygens (including phenoxy) is 2. The quantitative estimate of drug-likeness (QED) is 0.630. The van der Waals surface area contributed by atoms with Crippen molar-refractivity contribution in [3.8, 4) is 5.75 Å². The fourth-order valence-corrected chi connectivity index (χ4v) is 1.92. The van der Waals surface area contributed by atoms with Gasteiger partial charge in [0.25, 0.3) is 0 Å². The molecular weight excluding hydrogens is 252 g/mol. The van der Waals surface area contributed by atoms with Gasteiger partial charge in [-0.3, -0.25) is 0 Å². The normalized spacial score (nSPS) is 11.0. The Morgan fingerprint density at radius 3 is 2.30 bits per heavy atom. The molecule has 0 saturated heterocycles. The van der Waals surface area contributed by atoms with Crippen LogP contribution in [0.1, 0.15) is 11.1 Å². The van der Waals surface area contributed by atoms with Crippen molar-refractivity contribution in [1.29, 1.82) is 0 Å². The molecule has 0 heterocycles. The van der Waals surface area contributed by atoms with Gasteiger partial charge in [-0.2, -0.15) is 0 Å².